The second-order valence-electron chi connectivity index (χ2n) is 8.19. The molecule has 1 aliphatic heterocycles. The van der Waals surface area contributed by atoms with Crippen LogP contribution in [0.15, 0.2) is 65.2 Å². The van der Waals surface area contributed by atoms with Crippen LogP contribution in [0.4, 0.5) is 0 Å². The summed E-state index contributed by atoms with van der Waals surface area (Å²) in [7, 11) is 0. The van der Waals surface area contributed by atoms with Gasteiger partial charge in [-0.3, -0.25) is 4.79 Å². The Morgan fingerprint density at radius 1 is 1.07 bits per heavy atom. The standard InChI is InChI=1S/C24H25N3O3/c28-23(24(12-13-24)20-9-5-2-6-10-20)27-15-19(16-27)22-25-21(26-30-22)11-14-29-17-18-7-3-1-4-8-18/h1-10,19H,11-17H2. The summed E-state index contributed by atoms with van der Waals surface area (Å²) in [4.78, 5) is 19.5. The molecule has 154 valence electrons. The van der Waals surface area contributed by atoms with E-state index >= 15 is 0 Å². The Morgan fingerprint density at radius 3 is 2.47 bits per heavy atom. The highest BCUT2D eigenvalue weighted by molar-refractivity contribution is 5.92. The van der Waals surface area contributed by atoms with Crippen LogP contribution in [0.25, 0.3) is 0 Å². The minimum Gasteiger partial charge on any atom is -0.376 e. The minimum absolute atomic E-state index is 0.131. The van der Waals surface area contributed by atoms with Gasteiger partial charge in [-0.15, -0.1) is 0 Å². The van der Waals surface area contributed by atoms with Crippen molar-refractivity contribution in [2.45, 2.75) is 37.2 Å². The zero-order chi connectivity index (χ0) is 20.4. The fraction of sp³-hybridized carbons (Fsp3) is 0.375. The molecule has 5 rings (SSSR count). The van der Waals surface area contributed by atoms with Crippen LogP contribution in [0.1, 0.15) is 41.6 Å². The van der Waals surface area contributed by atoms with Crippen LogP contribution < -0.4 is 0 Å². The lowest BCUT2D eigenvalue weighted by atomic mass is 9.90. The first kappa shape index (κ1) is 19.0. The predicted octanol–water partition coefficient (Wildman–Crippen LogP) is 3.49. The van der Waals surface area contributed by atoms with E-state index in [0.29, 0.717) is 44.4 Å². The minimum atomic E-state index is -0.303. The van der Waals surface area contributed by atoms with Crippen molar-refractivity contribution >= 4 is 5.91 Å². The van der Waals surface area contributed by atoms with Gasteiger partial charge in [-0.2, -0.15) is 4.98 Å². The quantitative estimate of drug-likeness (QED) is 0.539. The first-order valence-corrected chi connectivity index (χ1v) is 10.5. The molecule has 0 spiro atoms. The molecule has 2 fully saturated rings. The molecule has 2 heterocycles. The molecule has 1 aromatic heterocycles. The largest absolute Gasteiger partial charge is 0.376 e. The first-order chi connectivity index (χ1) is 14.7. The highest BCUT2D eigenvalue weighted by Crippen LogP contribution is 2.50. The fourth-order valence-electron chi connectivity index (χ4n) is 4.07. The molecule has 0 bridgehead atoms. The molecule has 0 radical (unpaired) electrons. The van der Waals surface area contributed by atoms with Gasteiger partial charge in [0.15, 0.2) is 5.82 Å². The van der Waals surface area contributed by atoms with E-state index < -0.39 is 0 Å². The second kappa shape index (κ2) is 8.03. The van der Waals surface area contributed by atoms with Crippen LogP contribution >= 0.6 is 0 Å². The summed E-state index contributed by atoms with van der Waals surface area (Å²) in [6.45, 7) is 2.43. The van der Waals surface area contributed by atoms with Crippen molar-refractivity contribution in [3.8, 4) is 0 Å². The lowest BCUT2D eigenvalue weighted by molar-refractivity contribution is -0.138. The van der Waals surface area contributed by atoms with Crippen LogP contribution in [0.5, 0.6) is 0 Å². The van der Waals surface area contributed by atoms with E-state index in [2.05, 4.69) is 22.3 Å². The number of ether oxygens (including phenoxy) is 1. The van der Waals surface area contributed by atoms with Crippen molar-refractivity contribution in [3.05, 3.63) is 83.5 Å². The monoisotopic (exact) mass is 403 g/mol. The van der Waals surface area contributed by atoms with Crippen LogP contribution in [0, 0.1) is 0 Å². The average molecular weight is 403 g/mol. The van der Waals surface area contributed by atoms with E-state index in [1.165, 1.54) is 0 Å². The van der Waals surface area contributed by atoms with Gasteiger partial charge in [0.1, 0.15) is 0 Å². The summed E-state index contributed by atoms with van der Waals surface area (Å²) in [6.07, 6.45) is 2.48. The zero-order valence-corrected chi connectivity index (χ0v) is 16.9. The Morgan fingerprint density at radius 2 is 1.77 bits per heavy atom. The summed E-state index contributed by atoms with van der Waals surface area (Å²) in [6, 6.07) is 20.2. The highest BCUT2D eigenvalue weighted by atomic mass is 16.5. The average Bonchev–Trinajstić information content (AvgIpc) is 3.45. The molecule has 0 atom stereocenters. The third-order valence-electron chi connectivity index (χ3n) is 6.07. The number of rotatable bonds is 8. The Bertz CT molecular complexity index is 993. The van der Waals surface area contributed by atoms with Gasteiger partial charge in [0, 0.05) is 19.5 Å². The number of hydrogen-bond donors (Lipinski definition) is 0. The molecule has 2 aromatic carbocycles. The van der Waals surface area contributed by atoms with E-state index in [1.54, 1.807) is 0 Å². The van der Waals surface area contributed by atoms with Gasteiger partial charge >= 0.3 is 0 Å². The number of carbonyl (C=O) groups excluding carboxylic acids is 1. The maximum Gasteiger partial charge on any atom is 0.233 e. The molecule has 1 saturated carbocycles. The summed E-state index contributed by atoms with van der Waals surface area (Å²) in [5.41, 5.74) is 1.98. The topological polar surface area (TPSA) is 68.5 Å². The lowest BCUT2D eigenvalue weighted by Crippen LogP contribution is -2.52. The van der Waals surface area contributed by atoms with E-state index in [-0.39, 0.29) is 17.2 Å². The smallest absolute Gasteiger partial charge is 0.233 e. The number of likely N-dealkylation sites (tertiary alicyclic amines) is 1. The maximum absolute atomic E-state index is 13.0. The number of aromatic nitrogens is 2. The molecular formula is C24H25N3O3. The van der Waals surface area contributed by atoms with E-state index in [1.807, 2.05) is 53.4 Å². The van der Waals surface area contributed by atoms with Gasteiger partial charge in [-0.05, 0) is 24.0 Å². The molecule has 6 nitrogen and oxygen atoms in total. The Balaban J connectivity index is 1.10. The molecule has 0 unspecified atom stereocenters. The molecule has 3 aromatic rings. The Labute approximate surface area is 175 Å². The van der Waals surface area contributed by atoms with E-state index in [9.17, 15) is 4.79 Å². The number of nitrogens with zero attached hydrogens (tertiary/aromatic N) is 3. The van der Waals surface area contributed by atoms with E-state index in [4.69, 9.17) is 9.26 Å². The molecule has 1 saturated heterocycles. The summed E-state index contributed by atoms with van der Waals surface area (Å²) >= 11 is 0. The van der Waals surface area contributed by atoms with Gasteiger partial charge in [0.25, 0.3) is 0 Å². The second-order valence-corrected chi connectivity index (χ2v) is 8.19. The number of hydrogen-bond acceptors (Lipinski definition) is 5. The summed E-state index contributed by atoms with van der Waals surface area (Å²) < 4.78 is 11.1. The molecule has 2 aliphatic rings. The number of amides is 1. The number of benzene rings is 2. The third-order valence-corrected chi connectivity index (χ3v) is 6.07. The first-order valence-electron chi connectivity index (χ1n) is 10.5. The lowest BCUT2D eigenvalue weighted by Gasteiger charge is -2.39. The van der Waals surface area contributed by atoms with Crippen molar-refractivity contribution in [1.29, 1.82) is 0 Å². The Hall–Kier alpha value is -2.99. The summed E-state index contributed by atoms with van der Waals surface area (Å²) in [5, 5.41) is 4.07. The van der Waals surface area contributed by atoms with Gasteiger partial charge in [0.05, 0.1) is 24.5 Å². The van der Waals surface area contributed by atoms with Crippen LogP contribution in [-0.2, 0) is 28.0 Å². The van der Waals surface area contributed by atoms with Gasteiger partial charge < -0.3 is 14.2 Å². The van der Waals surface area contributed by atoms with Crippen LogP contribution in [-0.4, -0.2) is 40.6 Å². The third kappa shape index (κ3) is 3.75. The van der Waals surface area contributed by atoms with Crippen molar-refractivity contribution in [2.24, 2.45) is 0 Å². The number of carbonyl (C=O) groups is 1. The molecule has 1 aliphatic carbocycles. The maximum atomic E-state index is 13.0. The molecular weight excluding hydrogens is 378 g/mol. The van der Waals surface area contributed by atoms with Crippen LogP contribution in [0.3, 0.4) is 0 Å². The molecule has 6 heteroatoms. The van der Waals surface area contributed by atoms with Crippen molar-refractivity contribution in [3.63, 3.8) is 0 Å². The normalized spacial score (nSPS) is 17.5. The zero-order valence-electron chi connectivity index (χ0n) is 16.9. The van der Waals surface area contributed by atoms with Crippen molar-refractivity contribution < 1.29 is 14.1 Å². The van der Waals surface area contributed by atoms with Crippen LogP contribution in [0.2, 0.25) is 0 Å². The highest BCUT2D eigenvalue weighted by Gasteiger charge is 2.55. The molecule has 1 amide bonds. The summed E-state index contributed by atoms with van der Waals surface area (Å²) in [5.74, 6) is 1.65. The predicted molar refractivity (Wildman–Crippen MR) is 111 cm³/mol. The SMILES string of the molecule is O=C(N1CC(c2nc(CCOCc3ccccc3)no2)C1)C1(c2ccccc2)CC1. The molecule has 0 N–H and O–H groups in total. The van der Waals surface area contributed by atoms with E-state index in [0.717, 1.165) is 24.0 Å². The fourth-order valence-corrected chi connectivity index (χ4v) is 4.07. The molecule has 30 heavy (non-hydrogen) atoms. The van der Waals surface area contributed by atoms with Gasteiger partial charge in [-0.25, -0.2) is 0 Å². The van der Waals surface area contributed by atoms with Crippen molar-refractivity contribution in [2.75, 3.05) is 19.7 Å². The van der Waals surface area contributed by atoms with Gasteiger partial charge in [0.2, 0.25) is 11.8 Å². The Kier molecular flexibility index (Phi) is 5.09. The van der Waals surface area contributed by atoms with Crippen molar-refractivity contribution in [1.82, 2.24) is 15.0 Å². The van der Waals surface area contributed by atoms with Gasteiger partial charge in [-0.1, -0.05) is 65.8 Å².